The van der Waals surface area contributed by atoms with E-state index in [0.717, 1.165) is 6.92 Å². The summed E-state index contributed by atoms with van der Waals surface area (Å²) in [6.07, 6.45) is -5.43. The van der Waals surface area contributed by atoms with Crippen molar-refractivity contribution in [3.8, 4) is 0 Å². The molecule has 0 aromatic rings. The molecular weight excluding hydrogens is 366 g/mol. The molecule has 0 radical (unpaired) electrons. The predicted octanol–water partition coefficient (Wildman–Crippen LogP) is 4.50. The molecule has 14 heteroatoms. The average molecular weight is 371 g/mol. The minimum atomic E-state index is -6.89. The molecule has 0 saturated carbocycles. The van der Waals surface area contributed by atoms with Crippen LogP contribution in [0.1, 0.15) is 6.92 Å². The van der Waals surface area contributed by atoms with E-state index in [2.05, 4.69) is 4.74 Å². The Hall–Kier alpha value is -1.34. The van der Waals surface area contributed by atoms with Crippen LogP contribution in [0.25, 0.3) is 0 Å². The largest absolute Gasteiger partial charge is 0.413 e. The molecule has 1 fully saturated rings. The SMILES string of the molecule is CCOC(F)(F)/C(F)=C(\F)N1C(F)(F)C(F)(F)C(F)(F)C1(F)F. The van der Waals surface area contributed by atoms with E-state index in [9.17, 15) is 52.7 Å². The van der Waals surface area contributed by atoms with Crippen LogP contribution in [0, 0.1) is 0 Å². The van der Waals surface area contributed by atoms with E-state index in [1.165, 1.54) is 0 Å². The fourth-order valence-corrected chi connectivity index (χ4v) is 1.54. The van der Waals surface area contributed by atoms with Crippen molar-refractivity contribution in [2.24, 2.45) is 0 Å². The van der Waals surface area contributed by atoms with E-state index in [-0.39, 0.29) is 0 Å². The van der Waals surface area contributed by atoms with Crippen LogP contribution in [0.5, 0.6) is 0 Å². The Kier molecular flexibility index (Phi) is 4.35. The highest BCUT2D eigenvalue weighted by Gasteiger charge is 2.94. The highest BCUT2D eigenvalue weighted by atomic mass is 19.4. The first-order valence-corrected chi connectivity index (χ1v) is 5.39. The van der Waals surface area contributed by atoms with Gasteiger partial charge >= 0.3 is 30.0 Å². The van der Waals surface area contributed by atoms with Gasteiger partial charge in [-0.2, -0.15) is 52.7 Å². The van der Waals surface area contributed by atoms with Gasteiger partial charge in [-0.3, -0.25) is 0 Å². The first-order chi connectivity index (χ1) is 10.00. The molecule has 23 heavy (non-hydrogen) atoms. The second-order valence-electron chi connectivity index (χ2n) is 4.12. The minimum absolute atomic E-state index is 0.764. The molecule has 0 atom stereocenters. The molecule has 1 saturated heterocycles. The lowest BCUT2D eigenvalue weighted by atomic mass is 10.2. The minimum Gasteiger partial charge on any atom is -0.315 e. The molecule has 2 nitrogen and oxygen atoms in total. The molecule has 0 amide bonds. The highest BCUT2D eigenvalue weighted by Crippen LogP contribution is 2.64. The van der Waals surface area contributed by atoms with Gasteiger partial charge in [-0.1, -0.05) is 0 Å². The number of alkyl halides is 10. The quantitative estimate of drug-likeness (QED) is 0.533. The first kappa shape index (κ1) is 19.7. The number of hydrogen-bond acceptors (Lipinski definition) is 2. The molecule has 0 spiro atoms. The lowest BCUT2D eigenvalue weighted by molar-refractivity contribution is -0.303. The third kappa shape index (κ3) is 2.32. The van der Waals surface area contributed by atoms with Gasteiger partial charge in [-0.25, -0.2) is 4.90 Å². The van der Waals surface area contributed by atoms with Gasteiger partial charge in [0.05, 0.1) is 6.61 Å². The van der Waals surface area contributed by atoms with E-state index in [4.69, 9.17) is 0 Å². The molecule has 0 bridgehead atoms. The molecule has 0 N–H and O–H groups in total. The smallest absolute Gasteiger partial charge is 0.315 e. The Labute approximate surface area is 119 Å². The van der Waals surface area contributed by atoms with Crippen LogP contribution >= 0.6 is 0 Å². The zero-order chi connectivity index (χ0) is 18.6. The Morgan fingerprint density at radius 1 is 0.870 bits per heavy atom. The fraction of sp³-hybridized carbons (Fsp3) is 0.778. The van der Waals surface area contributed by atoms with Crippen LogP contribution in [0.2, 0.25) is 0 Å². The predicted molar refractivity (Wildman–Crippen MR) is 47.4 cm³/mol. The molecule has 1 rings (SSSR count). The zero-order valence-corrected chi connectivity index (χ0v) is 10.6. The number of halogens is 12. The topological polar surface area (TPSA) is 12.5 Å². The van der Waals surface area contributed by atoms with E-state index in [0.29, 0.717) is 0 Å². The summed E-state index contributed by atoms with van der Waals surface area (Å²) in [6, 6.07) is -13.4. The summed E-state index contributed by atoms with van der Waals surface area (Å²) in [5, 5.41) is 0. The number of hydrogen-bond donors (Lipinski definition) is 0. The van der Waals surface area contributed by atoms with Crippen LogP contribution in [-0.4, -0.2) is 41.6 Å². The Morgan fingerprint density at radius 3 is 1.52 bits per heavy atom. The molecule has 1 aliphatic heterocycles. The standard InChI is InChI=1S/C9H5F12NO/c1-2-23-5(12,13)3(10)4(11)22-8(18,19)6(14,15)7(16,17)9(22,20)21/h2H2,1H3/b4-3-. The van der Waals surface area contributed by atoms with Gasteiger partial charge in [0.2, 0.25) is 5.95 Å². The Balaban J connectivity index is 3.58. The van der Waals surface area contributed by atoms with Gasteiger partial charge in [-0.05, 0) is 6.92 Å². The normalized spacial score (nSPS) is 26.2. The van der Waals surface area contributed by atoms with Gasteiger partial charge in [-0.15, -0.1) is 0 Å². The van der Waals surface area contributed by atoms with Crippen molar-refractivity contribution in [2.45, 2.75) is 37.0 Å². The third-order valence-corrected chi connectivity index (χ3v) is 2.67. The average Bonchev–Trinajstić information content (AvgIpc) is 2.42. The van der Waals surface area contributed by atoms with Gasteiger partial charge < -0.3 is 4.74 Å². The van der Waals surface area contributed by atoms with Gasteiger partial charge in [0, 0.05) is 0 Å². The van der Waals surface area contributed by atoms with E-state index < -0.39 is 53.3 Å². The van der Waals surface area contributed by atoms with Gasteiger partial charge in [0.25, 0.3) is 5.83 Å². The maximum Gasteiger partial charge on any atom is 0.413 e. The second kappa shape index (κ2) is 5.08. The summed E-state index contributed by atoms with van der Waals surface area (Å²) in [5.41, 5.74) is 0. The Morgan fingerprint density at radius 2 is 1.22 bits per heavy atom. The maximum absolute atomic E-state index is 13.2. The second-order valence-corrected chi connectivity index (χ2v) is 4.12. The van der Waals surface area contributed by atoms with Crippen LogP contribution in [0.3, 0.4) is 0 Å². The summed E-state index contributed by atoms with van der Waals surface area (Å²) < 4.78 is 158. The van der Waals surface area contributed by atoms with Crippen molar-refractivity contribution < 1.29 is 57.4 Å². The maximum atomic E-state index is 13.2. The van der Waals surface area contributed by atoms with Crippen LogP contribution in [-0.2, 0) is 4.74 Å². The summed E-state index contributed by atoms with van der Waals surface area (Å²) in [7, 11) is 0. The Bertz CT molecular complexity index is 487. The number of nitrogens with zero attached hydrogens (tertiary/aromatic N) is 1. The van der Waals surface area contributed by atoms with Crippen molar-refractivity contribution in [2.75, 3.05) is 6.61 Å². The summed E-state index contributed by atoms with van der Waals surface area (Å²) in [6.45, 7) is -0.326. The molecule has 0 aromatic carbocycles. The zero-order valence-electron chi connectivity index (χ0n) is 10.6. The lowest BCUT2D eigenvalue weighted by Gasteiger charge is -2.29. The summed E-state index contributed by atoms with van der Waals surface area (Å²) >= 11 is 0. The highest BCUT2D eigenvalue weighted by molar-refractivity contribution is 5.20. The molecule has 0 aromatic heterocycles. The van der Waals surface area contributed by atoms with Crippen LogP contribution in [0.15, 0.2) is 11.8 Å². The first-order valence-electron chi connectivity index (χ1n) is 5.39. The number of rotatable bonds is 4. The van der Waals surface area contributed by atoms with Crippen molar-refractivity contribution in [3.63, 3.8) is 0 Å². The van der Waals surface area contributed by atoms with Crippen LogP contribution in [0.4, 0.5) is 52.7 Å². The molecule has 1 heterocycles. The monoisotopic (exact) mass is 371 g/mol. The molecular formula is C9H5F12NO. The number of ether oxygens (including phenoxy) is 1. The summed E-state index contributed by atoms with van der Waals surface area (Å²) in [5.74, 6) is -21.6. The summed E-state index contributed by atoms with van der Waals surface area (Å²) in [4.78, 5) is -3.03. The van der Waals surface area contributed by atoms with Crippen molar-refractivity contribution in [1.82, 2.24) is 4.90 Å². The molecule has 1 aliphatic rings. The van der Waals surface area contributed by atoms with E-state index in [1.54, 1.807) is 0 Å². The van der Waals surface area contributed by atoms with Crippen molar-refractivity contribution >= 4 is 0 Å². The molecule has 0 unspecified atom stereocenters. The number of likely N-dealkylation sites (tertiary alicyclic amines) is 1. The van der Waals surface area contributed by atoms with Gasteiger partial charge in [0.15, 0.2) is 0 Å². The van der Waals surface area contributed by atoms with Crippen molar-refractivity contribution in [1.29, 1.82) is 0 Å². The third-order valence-electron chi connectivity index (χ3n) is 2.67. The van der Waals surface area contributed by atoms with Crippen molar-refractivity contribution in [3.05, 3.63) is 11.8 Å². The lowest BCUT2D eigenvalue weighted by Crippen LogP contribution is -2.51. The van der Waals surface area contributed by atoms with E-state index >= 15 is 0 Å². The molecule has 136 valence electrons. The van der Waals surface area contributed by atoms with Crippen LogP contribution < -0.4 is 0 Å². The molecule has 0 aliphatic carbocycles. The van der Waals surface area contributed by atoms with E-state index in [1.807, 2.05) is 0 Å². The fourth-order valence-electron chi connectivity index (χ4n) is 1.54. The van der Waals surface area contributed by atoms with Gasteiger partial charge in [0.1, 0.15) is 0 Å².